The number of esters is 1. The predicted octanol–water partition coefficient (Wildman–Crippen LogP) is 2.66. The summed E-state index contributed by atoms with van der Waals surface area (Å²) >= 11 is 0. The number of hydrogen-bond acceptors (Lipinski definition) is 3. The summed E-state index contributed by atoms with van der Waals surface area (Å²) in [5, 5.41) is 10.8. The van der Waals surface area contributed by atoms with Crippen molar-refractivity contribution < 1.29 is 14.6 Å². The Labute approximate surface area is 104 Å². The van der Waals surface area contributed by atoms with Crippen molar-refractivity contribution in [3.05, 3.63) is 0 Å². The summed E-state index contributed by atoms with van der Waals surface area (Å²) in [5.74, 6) is -0.171. The van der Waals surface area contributed by atoms with Crippen molar-refractivity contribution in [2.75, 3.05) is 6.61 Å². The quantitative estimate of drug-likeness (QED) is 0.771. The zero-order valence-corrected chi connectivity index (χ0v) is 11.2. The molecule has 0 unspecified atom stereocenters. The van der Waals surface area contributed by atoms with E-state index >= 15 is 0 Å². The molecule has 0 aromatic rings. The van der Waals surface area contributed by atoms with Gasteiger partial charge in [-0.2, -0.15) is 0 Å². The smallest absolute Gasteiger partial charge is 0.314 e. The number of aliphatic hydroxyl groups is 1. The van der Waals surface area contributed by atoms with E-state index in [9.17, 15) is 9.90 Å². The third kappa shape index (κ3) is 1.88. The second-order valence-electron chi connectivity index (χ2n) is 6.56. The number of ether oxygens (including phenoxy) is 1. The van der Waals surface area contributed by atoms with Crippen molar-refractivity contribution in [2.24, 2.45) is 10.8 Å². The predicted molar refractivity (Wildman–Crippen MR) is 65.5 cm³/mol. The lowest BCUT2D eigenvalue weighted by atomic mass is 9.51. The van der Waals surface area contributed by atoms with Gasteiger partial charge in [0, 0.05) is 0 Å². The number of carbonyl (C=O) groups is 1. The molecule has 0 atom stereocenters. The van der Waals surface area contributed by atoms with E-state index in [1.54, 1.807) is 0 Å². The summed E-state index contributed by atoms with van der Waals surface area (Å²) < 4.78 is 5.22. The average Bonchev–Trinajstić information content (AvgIpc) is 2.64. The number of carbonyl (C=O) groups excluding carboxylic acids is 1. The standard InChI is InChI=1S/C14H24O3/c1-4-17-11(15)13(7-5-6-8-13)14(16)9-12(2,3)10-14/h16H,4-10H2,1-3H3. The Kier molecular flexibility index (Phi) is 3.01. The summed E-state index contributed by atoms with van der Waals surface area (Å²) in [4.78, 5) is 12.2. The van der Waals surface area contributed by atoms with E-state index in [2.05, 4.69) is 13.8 Å². The molecule has 98 valence electrons. The molecular formula is C14H24O3. The van der Waals surface area contributed by atoms with E-state index in [4.69, 9.17) is 4.74 Å². The molecular weight excluding hydrogens is 216 g/mol. The molecule has 2 aliphatic carbocycles. The first-order valence-corrected chi connectivity index (χ1v) is 6.75. The van der Waals surface area contributed by atoms with E-state index in [1.807, 2.05) is 6.92 Å². The first-order chi connectivity index (χ1) is 7.85. The third-order valence-corrected chi connectivity index (χ3v) is 4.56. The molecule has 2 saturated carbocycles. The van der Waals surface area contributed by atoms with E-state index in [-0.39, 0.29) is 11.4 Å². The maximum absolute atomic E-state index is 12.2. The molecule has 1 N–H and O–H groups in total. The lowest BCUT2D eigenvalue weighted by Gasteiger charge is -2.57. The lowest BCUT2D eigenvalue weighted by Crippen LogP contribution is -2.62. The molecule has 0 amide bonds. The Morgan fingerprint density at radius 2 is 1.76 bits per heavy atom. The zero-order valence-electron chi connectivity index (χ0n) is 11.2. The highest BCUT2D eigenvalue weighted by molar-refractivity contribution is 5.79. The van der Waals surface area contributed by atoms with Gasteiger partial charge in [0.15, 0.2) is 0 Å². The molecule has 0 aromatic carbocycles. The third-order valence-electron chi connectivity index (χ3n) is 4.56. The first-order valence-electron chi connectivity index (χ1n) is 6.75. The van der Waals surface area contributed by atoms with Gasteiger partial charge in [-0.05, 0) is 38.0 Å². The van der Waals surface area contributed by atoms with Crippen LogP contribution in [0.25, 0.3) is 0 Å². The molecule has 0 radical (unpaired) electrons. The van der Waals surface area contributed by atoms with Gasteiger partial charge >= 0.3 is 5.97 Å². The number of hydrogen-bond donors (Lipinski definition) is 1. The van der Waals surface area contributed by atoms with Crippen LogP contribution >= 0.6 is 0 Å². The maximum atomic E-state index is 12.2. The van der Waals surface area contributed by atoms with Crippen LogP contribution in [0.1, 0.15) is 59.3 Å². The van der Waals surface area contributed by atoms with Gasteiger partial charge in [0.25, 0.3) is 0 Å². The van der Waals surface area contributed by atoms with Crippen LogP contribution in [0.4, 0.5) is 0 Å². The Hall–Kier alpha value is -0.570. The molecule has 3 nitrogen and oxygen atoms in total. The highest BCUT2D eigenvalue weighted by atomic mass is 16.5. The molecule has 2 rings (SSSR count). The summed E-state index contributed by atoms with van der Waals surface area (Å²) in [6.07, 6.45) is 5.08. The van der Waals surface area contributed by atoms with Crippen molar-refractivity contribution in [3.8, 4) is 0 Å². The van der Waals surface area contributed by atoms with Crippen molar-refractivity contribution in [3.63, 3.8) is 0 Å². The van der Waals surface area contributed by atoms with Gasteiger partial charge in [-0.25, -0.2) is 0 Å². The van der Waals surface area contributed by atoms with E-state index < -0.39 is 11.0 Å². The Balaban J connectivity index is 2.21. The van der Waals surface area contributed by atoms with Gasteiger partial charge in [-0.15, -0.1) is 0 Å². The molecule has 0 aromatic heterocycles. The van der Waals surface area contributed by atoms with Crippen LogP contribution in [0.15, 0.2) is 0 Å². The molecule has 0 bridgehead atoms. The van der Waals surface area contributed by atoms with E-state index in [0.29, 0.717) is 6.61 Å². The lowest BCUT2D eigenvalue weighted by molar-refractivity contribution is -0.212. The Morgan fingerprint density at radius 3 is 2.18 bits per heavy atom. The Bertz CT molecular complexity index is 305. The Morgan fingerprint density at radius 1 is 1.24 bits per heavy atom. The second-order valence-corrected chi connectivity index (χ2v) is 6.56. The minimum Gasteiger partial charge on any atom is -0.465 e. The molecule has 17 heavy (non-hydrogen) atoms. The van der Waals surface area contributed by atoms with Gasteiger partial charge < -0.3 is 9.84 Å². The van der Waals surface area contributed by atoms with Gasteiger partial charge in [-0.3, -0.25) is 4.79 Å². The zero-order chi connectivity index (χ0) is 12.7. The monoisotopic (exact) mass is 240 g/mol. The minimum absolute atomic E-state index is 0.164. The number of rotatable bonds is 3. The SMILES string of the molecule is CCOC(=O)C1(C2(O)CC(C)(C)C2)CCCC1. The summed E-state index contributed by atoms with van der Waals surface area (Å²) in [6.45, 7) is 6.53. The summed E-state index contributed by atoms with van der Waals surface area (Å²) in [7, 11) is 0. The van der Waals surface area contributed by atoms with Crippen molar-refractivity contribution in [1.82, 2.24) is 0 Å². The highest BCUT2D eigenvalue weighted by Gasteiger charge is 2.65. The van der Waals surface area contributed by atoms with Crippen LogP contribution in [0, 0.1) is 10.8 Å². The van der Waals surface area contributed by atoms with Crippen molar-refractivity contribution >= 4 is 5.97 Å². The highest BCUT2D eigenvalue weighted by Crippen LogP contribution is 2.61. The second kappa shape index (κ2) is 3.98. The normalized spacial score (nSPS) is 28.5. The van der Waals surface area contributed by atoms with Crippen LogP contribution in [0.3, 0.4) is 0 Å². The fraction of sp³-hybridized carbons (Fsp3) is 0.929. The van der Waals surface area contributed by atoms with Crippen LogP contribution < -0.4 is 0 Å². The average molecular weight is 240 g/mol. The summed E-state index contributed by atoms with van der Waals surface area (Å²) in [6, 6.07) is 0. The van der Waals surface area contributed by atoms with Gasteiger partial charge in [-0.1, -0.05) is 26.7 Å². The van der Waals surface area contributed by atoms with Crippen molar-refractivity contribution in [2.45, 2.75) is 64.9 Å². The molecule has 0 heterocycles. The van der Waals surface area contributed by atoms with Gasteiger partial charge in [0.2, 0.25) is 0 Å². The van der Waals surface area contributed by atoms with Crippen molar-refractivity contribution in [1.29, 1.82) is 0 Å². The van der Waals surface area contributed by atoms with E-state index in [0.717, 1.165) is 38.5 Å². The van der Waals surface area contributed by atoms with Crippen LogP contribution in [0.5, 0.6) is 0 Å². The minimum atomic E-state index is -0.820. The summed E-state index contributed by atoms with van der Waals surface area (Å²) in [5.41, 5.74) is -1.27. The molecule has 2 aliphatic rings. The fourth-order valence-electron chi connectivity index (χ4n) is 3.98. The fourth-order valence-corrected chi connectivity index (χ4v) is 3.98. The molecule has 0 aliphatic heterocycles. The van der Waals surface area contributed by atoms with Crippen LogP contribution in [-0.4, -0.2) is 23.3 Å². The van der Waals surface area contributed by atoms with Gasteiger partial charge in [0.1, 0.15) is 0 Å². The molecule has 2 fully saturated rings. The van der Waals surface area contributed by atoms with Gasteiger partial charge in [0.05, 0.1) is 17.6 Å². The van der Waals surface area contributed by atoms with Crippen LogP contribution in [-0.2, 0) is 9.53 Å². The van der Waals surface area contributed by atoms with Crippen LogP contribution in [0.2, 0.25) is 0 Å². The largest absolute Gasteiger partial charge is 0.465 e. The first kappa shape index (κ1) is 12.9. The maximum Gasteiger partial charge on any atom is 0.314 e. The molecule has 0 spiro atoms. The van der Waals surface area contributed by atoms with E-state index in [1.165, 1.54) is 0 Å². The molecule has 0 saturated heterocycles. The topological polar surface area (TPSA) is 46.5 Å². The molecule has 3 heteroatoms.